The van der Waals surface area contributed by atoms with E-state index in [-0.39, 0.29) is 11.5 Å². The number of imidazole rings is 1. The summed E-state index contributed by atoms with van der Waals surface area (Å²) in [6, 6.07) is 6.28. The van der Waals surface area contributed by atoms with E-state index in [4.69, 9.17) is 0 Å². The molecular weight excluding hydrogens is 324 g/mol. The van der Waals surface area contributed by atoms with E-state index in [1.165, 1.54) is 24.0 Å². The van der Waals surface area contributed by atoms with Crippen LogP contribution in [0, 0.1) is 6.92 Å². The van der Waals surface area contributed by atoms with Gasteiger partial charge in [0.15, 0.2) is 5.16 Å². The highest BCUT2D eigenvalue weighted by Gasteiger charge is 2.12. The van der Waals surface area contributed by atoms with Gasteiger partial charge in [0.1, 0.15) is 11.5 Å². The molecule has 1 aromatic carbocycles. The lowest BCUT2D eigenvalue weighted by atomic mass is 10.2. The number of aromatic amines is 1. The van der Waals surface area contributed by atoms with Crippen LogP contribution >= 0.6 is 11.8 Å². The first-order valence-corrected chi connectivity index (χ1v) is 7.72. The van der Waals surface area contributed by atoms with Crippen LogP contribution < -0.4 is 4.74 Å². The second-order valence-corrected chi connectivity index (χ2v) is 5.76. The number of rotatable bonds is 5. The molecule has 5 nitrogen and oxygen atoms in total. The molecule has 8 heteroatoms. The predicted octanol–water partition coefficient (Wildman–Crippen LogP) is 3.87. The van der Waals surface area contributed by atoms with Crippen molar-refractivity contribution < 1.29 is 18.6 Å². The van der Waals surface area contributed by atoms with Crippen LogP contribution in [0.5, 0.6) is 11.5 Å². The number of fused-ring (bicyclic) bond motifs is 1. The zero-order chi connectivity index (χ0) is 16.4. The highest BCUT2D eigenvalue weighted by atomic mass is 32.2. The van der Waals surface area contributed by atoms with Crippen LogP contribution in [0.15, 0.2) is 35.6 Å². The van der Waals surface area contributed by atoms with Crippen molar-refractivity contribution in [2.75, 3.05) is 0 Å². The molecular formula is C15H13F2N3O2S. The fourth-order valence-corrected chi connectivity index (χ4v) is 3.02. The molecule has 0 atom stereocenters. The second kappa shape index (κ2) is 6.41. The number of aromatic nitrogens is 3. The van der Waals surface area contributed by atoms with Gasteiger partial charge in [-0.15, -0.1) is 0 Å². The minimum absolute atomic E-state index is 0.125. The Labute approximate surface area is 134 Å². The van der Waals surface area contributed by atoms with Crippen molar-refractivity contribution in [2.45, 2.75) is 24.4 Å². The van der Waals surface area contributed by atoms with E-state index in [1.807, 2.05) is 0 Å². The maximum absolute atomic E-state index is 12.4. The third kappa shape index (κ3) is 3.53. The van der Waals surface area contributed by atoms with Crippen LogP contribution in [-0.2, 0) is 5.75 Å². The molecule has 0 fully saturated rings. The smallest absolute Gasteiger partial charge is 0.387 e. The Bertz CT molecular complexity index is 839. The number of ether oxygens (including phenoxy) is 1. The van der Waals surface area contributed by atoms with Crippen LogP contribution in [0.25, 0.3) is 11.0 Å². The van der Waals surface area contributed by atoms with Gasteiger partial charge in [-0.25, -0.2) is 4.98 Å². The van der Waals surface area contributed by atoms with Gasteiger partial charge in [0, 0.05) is 23.6 Å². The van der Waals surface area contributed by atoms with Crippen LogP contribution in [0.4, 0.5) is 8.78 Å². The van der Waals surface area contributed by atoms with Crippen molar-refractivity contribution in [3.05, 3.63) is 41.7 Å². The van der Waals surface area contributed by atoms with Gasteiger partial charge in [-0.05, 0) is 25.1 Å². The molecule has 0 unspecified atom stereocenters. The predicted molar refractivity (Wildman–Crippen MR) is 82.9 cm³/mol. The molecule has 0 aliphatic heterocycles. The van der Waals surface area contributed by atoms with E-state index in [0.29, 0.717) is 22.2 Å². The first kappa shape index (κ1) is 15.5. The lowest BCUT2D eigenvalue weighted by Crippen LogP contribution is -2.05. The Balaban J connectivity index is 1.76. The zero-order valence-corrected chi connectivity index (χ0v) is 12.9. The molecule has 3 aromatic rings. The number of phenolic OH excluding ortho intramolecular Hbond substituents is 1. The molecule has 0 saturated heterocycles. The van der Waals surface area contributed by atoms with Gasteiger partial charge in [0.2, 0.25) is 0 Å². The molecule has 0 saturated carbocycles. The minimum atomic E-state index is -2.86. The molecule has 0 amide bonds. The third-order valence-electron chi connectivity index (χ3n) is 3.26. The summed E-state index contributed by atoms with van der Waals surface area (Å²) in [5.74, 6) is 0.741. The van der Waals surface area contributed by atoms with Crippen molar-refractivity contribution in [2.24, 2.45) is 0 Å². The number of nitrogens with zero attached hydrogens (tertiary/aromatic N) is 2. The van der Waals surface area contributed by atoms with Gasteiger partial charge < -0.3 is 14.8 Å². The van der Waals surface area contributed by atoms with Crippen LogP contribution in [0.1, 0.15) is 11.3 Å². The average molecular weight is 337 g/mol. The number of alkyl halides is 2. The van der Waals surface area contributed by atoms with Crippen molar-refractivity contribution in [3.8, 4) is 11.5 Å². The Hall–Kier alpha value is -2.35. The lowest BCUT2D eigenvalue weighted by Gasteiger charge is -2.10. The Morgan fingerprint density at radius 1 is 1.35 bits per heavy atom. The van der Waals surface area contributed by atoms with Gasteiger partial charge in [-0.2, -0.15) is 8.78 Å². The summed E-state index contributed by atoms with van der Waals surface area (Å²) < 4.78 is 29.2. The molecule has 3 rings (SSSR count). The second-order valence-electron chi connectivity index (χ2n) is 4.79. The Morgan fingerprint density at radius 3 is 2.96 bits per heavy atom. The summed E-state index contributed by atoms with van der Waals surface area (Å²) in [6.45, 7) is -1.17. The standard InChI is InChI=1S/C15H13F2N3O2S/c1-8-12(18-5-4-13(8)22-14(16)17)7-23-15-19-10-3-2-9(21)6-11(10)20-15/h2-6,14,21H,7H2,1H3,(H,19,20). The normalized spacial score (nSPS) is 11.3. The largest absolute Gasteiger partial charge is 0.508 e. The van der Waals surface area contributed by atoms with Crippen LogP contribution in [0.3, 0.4) is 0 Å². The summed E-state index contributed by atoms with van der Waals surface area (Å²) >= 11 is 1.39. The minimum Gasteiger partial charge on any atom is -0.508 e. The average Bonchev–Trinajstić information content (AvgIpc) is 2.89. The quantitative estimate of drug-likeness (QED) is 0.692. The monoisotopic (exact) mass is 337 g/mol. The van der Waals surface area contributed by atoms with Gasteiger partial charge in [0.05, 0.1) is 16.7 Å². The molecule has 0 radical (unpaired) electrons. The number of nitrogens with one attached hydrogen (secondary N) is 1. The first-order valence-electron chi connectivity index (χ1n) is 6.74. The molecule has 2 aromatic heterocycles. The Morgan fingerprint density at radius 2 is 2.17 bits per heavy atom. The van der Waals surface area contributed by atoms with E-state index in [2.05, 4.69) is 19.7 Å². The summed E-state index contributed by atoms with van der Waals surface area (Å²) in [4.78, 5) is 11.7. The van der Waals surface area contributed by atoms with Crippen molar-refractivity contribution in [3.63, 3.8) is 0 Å². The third-order valence-corrected chi connectivity index (χ3v) is 4.15. The number of halogens is 2. The van der Waals surface area contributed by atoms with Gasteiger partial charge in [0.25, 0.3) is 0 Å². The maximum Gasteiger partial charge on any atom is 0.387 e. The van der Waals surface area contributed by atoms with Crippen LogP contribution in [-0.4, -0.2) is 26.7 Å². The number of pyridine rings is 1. The first-order chi connectivity index (χ1) is 11.0. The maximum atomic E-state index is 12.4. The Kier molecular flexibility index (Phi) is 4.33. The molecule has 23 heavy (non-hydrogen) atoms. The SMILES string of the molecule is Cc1c(OC(F)F)ccnc1CSc1nc2ccc(O)cc2[nH]1. The molecule has 2 N–H and O–H groups in total. The molecule has 0 aliphatic rings. The number of hydrogen-bond acceptors (Lipinski definition) is 5. The van der Waals surface area contributed by atoms with E-state index < -0.39 is 6.61 Å². The fraction of sp³-hybridized carbons (Fsp3) is 0.200. The highest BCUT2D eigenvalue weighted by Crippen LogP contribution is 2.28. The van der Waals surface area contributed by atoms with Crippen molar-refractivity contribution in [1.82, 2.24) is 15.0 Å². The number of H-pyrrole nitrogens is 1. The summed E-state index contributed by atoms with van der Waals surface area (Å²) in [7, 11) is 0. The molecule has 0 bridgehead atoms. The zero-order valence-electron chi connectivity index (χ0n) is 12.1. The summed E-state index contributed by atoms with van der Waals surface area (Å²) in [5, 5.41) is 10.1. The molecule has 0 spiro atoms. The number of aromatic hydroxyl groups is 1. The topological polar surface area (TPSA) is 71.0 Å². The lowest BCUT2D eigenvalue weighted by molar-refractivity contribution is -0.0503. The van der Waals surface area contributed by atoms with Gasteiger partial charge in [-0.1, -0.05) is 11.8 Å². The highest BCUT2D eigenvalue weighted by molar-refractivity contribution is 7.98. The molecule has 0 aliphatic carbocycles. The van der Waals surface area contributed by atoms with E-state index in [1.54, 1.807) is 25.1 Å². The van der Waals surface area contributed by atoms with Crippen molar-refractivity contribution >= 4 is 22.8 Å². The summed E-state index contributed by atoms with van der Waals surface area (Å²) in [6.07, 6.45) is 1.44. The van der Waals surface area contributed by atoms with Crippen molar-refractivity contribution in [1.29, 1.82) is 0 Å². The van der Waals surface area contributed by atoms with Crippen LogP contribution in [0.2, 0.25) is 0 Å². The molecule has 120 valence electrons. The number of benzene rings is 1. The summed E-state index contributed by atoms with van der Waals surface area (Å²) in [5.41, 5.74) is 2.70. The van der Waals surface area contributed by atoms with Gasteiger partial charge in [-0.3, -0.25) is 4.98 Å². The van der Waals surface area contributed by atoms with E-state index >= 15 is 0 Å². The molecule has 2 heterocycles. The van der Waals surface area contributed by atoms with Gasteiger partial charge >= 0.3 is 6.61 Å². The van der Waals surface area contributed by atoms with E-state index in [9.17, 15) is 13.9 Å². The van der Waals surface area contributed by atoms with E-state index in [0.717, 1.165) is 11.0 Å². The fourth-order valence-electron chi connectivity index (χ4n) is 2.11. The number of phenols is 1. The number of thioether (sulfide) groups is 1. The number of hydrogen-bond donors (Lipinski definition) is 2.